The van der Waals surface area contributed by atoms with Gasteiger partial charge in [0.05, 0.1) is 11.8 Å². The van der Waals surface area contributed by atoms with Crippen molar-refractivity contribution < 1.29 is 5.11 Å². The van der Waals surface area contributed by atoms with E-state index in [4.69, 9.17) is 11.6 Å². The highest BCUT2D eigenvalue weighted by atomic mass is 35.5. The van der Waals surface area contributed by atoms with Gasteiger partial charge in [0, 0.05) is 6.54 Å². The number of nitrogens with zero attached hydrogens (tertiary/aromatic N) is 2. The zero-order valence-corrected chi connectivity index (χ0v) is 14.0. The Morgan fingerprint density at radius 3 is 2.33 bits per heavy atom. The minimum absolute atomic E-state index is 0.423. The Labute approximate surface area is 133 Å². The predicted molar refractivity (Wildman–Crippen MR) is 88.8 cm³/mol. The smallest absolute Gasteiger partial charge is 0.148 e. The Morgan fingerprint density at radius 2 is 1.71 bits per heavy atom. The van der Waals surface area contributed by atoms with Crippen molar-refractivity contribution in [2.45, 2.75) is 71.3 Å². The van der Waals surface area contributed by atoms with Crippen LogP contribution >= 0.6 is 11.6 Å². The molecule has 5 heteroatoms. The minimum Gasteiger partial charge on any atom is -0.387 e. The molecule has 0 aromatic carbocycles. The summed E-state index contributed by atoms with van der Waals surface area (Å²) < 4.78 is 0. The molecular formula is C16H28ClN3O. The van der Waals surface area contributed by atoms with Gasteiger partial charge < -0.3 is 10.4 Å². The summed E-state index contributed by atoms with van der Waals surface area (Å²) in [4.78, 5) is 8.12. The zero-order chi connectivity index (χ0) is 15.5. The Hall–Kier alpha value is -0.870. The van der Waals surface area contributed by atoms with Gasteiger partial charge in [-0.25, -0.2) is 9.97 Å². The molecule has 0 bridgehead atoms. The van der Waals surface area contributed by atoms with Crippen molar-refractivity contribution in [1.82, 2.24) is 9.97 Å². The van der Waals surface area contributed by atoms with Crippen molar-refractivity contribution >= 4 is 17.4 Å². The first-order chi connectivity index (χ1) is 10.2. The van der Waals surface area contributed by atoms with Crippen LogP contribution in [0.25, 0.3) is 0 Å². The van der Waals surface area contributed by atoms with Crippen molar-refractivity contribution in [1.29, 1.82) is 0 Å². The largest absolute Gasteiger partial charge is 0.387 e. The normalized spacial score (nSPS) is 12.4. The molecule has 0 spiro atoms. The number of aromatic nitrogens is 2. The standard InChI is InChI=1S/C16H28ClN3O/c1-3-4-5-6-7-8-9-10-11-18-16-14(17)15(13(2)21)19-12-20-16/h12-13,21H,3-11H2,1-2H3,(H,18,19,20). The van der Waals surface area contributed by atoms with E-state index in [2.05, 4.69) is 22.2 Å². The number of nitrogens with one attached hydrogen (secondary N) is 1. The average molecular weight is 314 g/mol. The quantitative estimate of drug-likeness (QED) is 0.579. The van der Waals surface area contributed by atoms with Crippen LogP contribution < -0.4 is 5.32 Å². The summed E-state index contributed by atoms with van der Waals surface area (Å²) >= 11 is 6.17. The number of halogens is 1. The van der Waals surface area contributed by atoms with Gasteiger partial charge in [0.2, 0.25) is 0 Å². The Morgan fingerprint density at radius 1 is 1.10 bits per heavy atom. The summed E-state index contributed by atoms with van der Waals surface area (Å²) in [5.74, 6) is 0.616. The second kappa shape index (κ2) is 10.8. The lowest BCUT2D eigenvalue weighted by Gasteiger charge is -2.11. The van der Waals surface area contributed by atoms with Crippen molar-refractivity contribution in [3.63, 3.8) is 0 Å². The number of hydrogen-bond acceptors (Lipinski definition) is 4. The third-order valence-corrected chi connectivity index (χ3v) is 3.91. The molecule has 0 fully saturated rings. The lowest BCUT2D eigenvalue weighted by molar-refractivity contribution is 0.194. The molecule has 1 heterocycles. The number of rotatable bonds is 11. The van der Waals surface area contributed by atoms with Crippen molar-refractivity contribution in [2.24, 2.45) is 0 Å². The van der Waals surface area contributed by atoms with E-state index in [-0.39, 0.29) is 0 Å². The third kappa shape index (κ3) is 7.09. The topological polar surface area (TPSA) is 58.0 Å². The van der Waals surface area contributed by atoms with Crippen molar-refractivity contribution in [3.05, 3.63) is 17.0 Å². The fourth-order valence-electron chi connectivity index (χ4n) is 2.26. The van der Waals surface area contributed by atoms with E-state index < -0.39 is 6.10 Å². The molecular weight excluding hydrogens is 286 g/mol. The van der Waals surface area contributed by atoms with Crippen LogP contribution in [0, 0.1) is 0 Å². The van der Waals surface area contributed by atoms with Gasteiger partial charge in [0.1, 0.15) is 17.2 Å². The Kier molecular flexibility index (Phi) is 9.35. The first-order valence-corrected chi connectivity index (χ1v) is 8.47. The second-order valence-corrected chi connectivity index (χ2v) is 5.88. The lowest BCUT2D eigenvalue weighted by Crippen LogP contribution is -2.07. The maximum atomic E-state index is 9.56. The molecule has 1 aromatic heterocycles. The molecule has 120 valence electrons. The van der Waals surface area contributed by atoms with Crippen LogP contribution in [0.3, 0.4) is 0 Å². The van der Waals surface area contributed by atoms with Crippen LogP contribution in [-0.4, -0.2) is 21.6 Å². The summed E-state index contributed by atoms with van der Waals surface area (Å²) in [6.07, 6.45) is 11.1. The van der Waals surface area contributed by atoms with E-state index in [9.17, 15) is 5.11 Å². The highest BCUT2D eigenvalue weighted by Crippen LogP contribution is 2.26. The Bertz CT molecular complexity index is 399. The minimum atomic E-state index is -0.677. The van der Waals surface area contributed by atoms with E-state index in [1.54, 1.807) is 6.92 Å². The summed E-state index contributed by atoms with van der Waals surface area (Å²) in [5, 5.41) is 13.2. The predicted octanol–water partition coefficient (Wildman–Crippen LogP) is 4.74. The fraction of sp³-hybridized carbons (Fsp3) is 0.750. The Balaban J connectivity index is 2.17. The molecule has 0 aliphatic rings. The molecule has 1 rings (SSSR count). The van der Waals surface area contributed by atoms with Crippen molar-refractivity contribution in [3.8, 4) is 0 Å². The highest BCUT2D eigenvalue weighted by molar-refractivity contribution is 6.33. The summed E-state index contributed by atoms with van der Waals surface area (Å²) in [6, 6.07) is 0. The van der Waals surface area contributed by atoms with Crippen LogP contribution in [0.1, 0.15) is 77.0 Å². The average Bonchev–Trinajstić information content (AvgIpc) is 2.46. The summed E-state index contributed by atoms with van der Waals surface area (Å²) in [6.45, 7) is 4.74. The molecule has 1 aromatic rings. The van der Waals surface area contributed by atoms with E-state index in [1.165, 1.54) is 51.3 Å². The fourth-order valence-corrected chi connectivity index (χ4v) is 2.59. The van der Waals surface area contributed by atoms with Gasteiger partial charge in [-0.3, -0.25) is 0 Å². The number of aliphatic hydroxyl groups excluding tert-OH is 1. The first kappa shape index (κ1) is 18.2. The van der Waals surface area contributed by atoms with Crippen LogP contribution in [0.2, 0.25) is 5.02 Å². The van der Waals surface area contributed by atoms with E-state index in [0.717, 1.165) is 13.0 Å². The van der Waals surface area contributed by atoms with Gasteiger partial charge >= 0.3 is 0 Å². The lowest BCUT2D eigenvalue weighted by atomic mass is 10.1. The third-order valence-electron chi connectivity index (χ3n) is 3.53. The molecule has 0 amide bonds. The van der Waals surface area contributed by atoms with Crippen LogP contribution in [0.4, 0.5) is 5.82 Å². The molecule has 0 radical (unpaired) electrons. The van der Waals surface area contributed by atoms with E-state index in [1.807, 2.05) is 0 Å². The molecule has 1 atom stereocenters. The number of hydrogen-bond donors (Lipinski definition) is 2. The molecule has 2 N–H and O–H groups in total. The van der Waals surface area contributed by atoms with E-state index in [0.29, 0.717) is 16.5 Å². The molecule has 1 unspecified atom stereocenters. The van der Waals surface area contributed by atoms with Crippen LogP contribution in [0.5, 0.6) is 0 Å². The molecule has 21 heavy (non-hydrogen) atoms. The van der Waals surface area contributed by atoms with Crippen molar-refractivity contribution in [2.75, 3.05) is 11.9 Å². The van der Waals surface area contributed by atoms with Gasteiger partial charge in [0.25, 0.3) is 0 Å². The molecule has 0 saturated carbocycles. The van der Waals surface area contributed by atoms with Gasteiger partial charge in [-0.15, -0.1) is 0 Å². The summed E-state index contributed by atoms with van der Waals surface area (Å²) in [5.41, 5.74) is 0.477. The SMILES string of the molecule is CCCCCCCCCCNc1ncnc(C(C)O)c1Cl. The van der Waals surface area contributed by atoms with Gasteiger partial charge in [-0.2, -0.15) is 0 Å². The van der Waals surface area contributed by atoms with Crippen LogP contribution in [-0.2, 0) is 0 Å². The van der Waals surface area contributed by atoms with Crippen LogP contribution in [0.15, 0.2) is 6.33 Å². The summed E-state index contributed by atoms with van der Waals surface area (Å²) in [7, 11) is 0. The number of unbranched alkanes of at least 4 members (excludes halogenated alkanes) is 7. The van der Waals surface area contributed by atoms with Gasteiger partial charge in [-0.1, -0.05) is 63.5 Å². The number of aliphatic hydroxyl groups is 1. The molecule has 0 aliphatic heterocycles. The maximum absolute atomic E-state index is 9.56. The second-order valence-electron chi connectivity index (χ2n) is 5.50. The first-order valence-electron chi connectivity index (χ1n) is 8.09. The van der Waals surface area contributed by atoms with Gasteiger partial charge in [0.15, 0.2) is 0 Å². The molecule has 4 nitrogen and oxygen atoms in total. The highest BCUT2D eigenvalue weighted by Gasteiger charge is 2.12. The van der Waals surface area contributed by atoms with E-state index >= 15 is 0 Å². The number of anilines is 1. The molecule has 0 saturated heterocycles. The molecule has 0 aliphatic carbocycles. The zero-order valence-electron chi connectivity index (χ0n) is 13.2. The monoisotopic (exact) mass is 313 g/mol. The van der Waals surface area contributed by atoms with Gasteiger partial charge in [-0.05, 0) is 13.3 Å². The maximum Gasteiger partial charge on any atom is 0.148 e.